The van der Waals surface area contributed by atoms with E-state index in [0.29, 0.717) is 5.56 Å². The van der Waals surface area contributed by atoms with E-state index >= 15 is 0 Å². The average molecular weight is 391 g/mol. The first-order valence-electron chi connectivity index (χ1n) is 8.88. The molecule has 1 aliphatic rings. The molecule has 0 fully saturated rings. The molecule has 1 heterocycles. The van der Waals surface area contributed by atoms with Crippen molar-refractivity contribution in [3.8, 4) is 0 Å². The number of nitrogens with zero attached hydrogens (tertiary/aromatic N) is 3. The predicted molar refractivity (Wildman–Crippen MR) is 100 cm³/mol. The minimum atomic E-state index is -0.986. The molecule has 1 aromatic carbocycles. The van der Waals surface area contributed by atoms with Crippen molar-refractivity contribution in [2.24, 2.45) is 4.99 Å². The van der Waals surface area contributed by atoms with Gasteiger partial charge in [-0.25, -0.2) is 19.4 Å². The minimum Gasteiger partial charge on any atom is -0.463 e. The van der Waals surface area contributed by atoms with E-state index in [9.17, 15) is 14.4 Å². The van der Waals surface area contributed by atoms with Gasteiger partial charge in [-0.15, -0.1) is 0 Å². The summed E-state index contributed by atoms with van der Waals surface area (Å²) in [4.78, 5) is 42.1. The molecule has 0 radical (unpaired) electrons. The molecule has 28 heavy (non-hydrogen) atoms. The molecular weight excluding hydrogens is 366 g/mol. The molecule has 0 aromatic heterocycles. The van der Waals surface area contributed by atoms with Gasteiger partial charge in [0.05, 0.1) is 19.3 Å². The van der Waals surface area contributed by atoms with Crippen LogP contribution in [0.5, 0.6) is 0 Å². The number of ether oxygens (including phenoxy) is 3. The highest BCUT2D eigenvalue weighted by Gasteiger charge is 2.47. The number of aryl methyl sites for hydroxylation is 1. The lowest BCUT2D eigenvalue weighted by Gasteiger charge is -2.31. The highest BCUT2D eigenvalue weighted by atomic mass is 16.6. The number of carbonyl (C=O) groups excluding carboxylic acids is 3. The first-order valence-corrected chi connectivity index (χ1v) is 8.88. The van der Waals surface area contributed by atoms with E-state index in [2.05, 4.69) is 4.99 Å². The van der Waals surface area contributed by atoms with Gasteiger partial charge in [0, 0.05) is 0 Å². The van der Waals surface area contributed by atoms with Gasteiger partial charge in [-0.05, 0) is 40.2 Å². The SMILES string of the molecule is COC(=O)C1=NC(c2cccc(C)c2)N(C(=O)OC(C)C)N1C(=O)OC(C)C. The zero-order valence-electron chi connectivity index (χ0n) is 16.8. The Balaban J connectivity index is 2.56. The molecule has 2 rings (SSSR count). The van der Waals surface area contributed by atoms with Crippen LogP contribution in [-0.4, -0.2) is 53.3 Å². The van der Waals surface area contributed by atoms with Gasteiger partial charge in [-0.2, -0.15) is 10.0 Å². The average Bonchev–Trinajstić information content (AvgIpc) is 3.00. The van der Waals surface area contributed by atoms with Gasteiger partial charge in [0.2, 0.25) is 5.84 Å². The lowest BCUT2D eigenvalue weighted by atomic mass is 10.1. The number of hydrazine groups is 1. The molecule has 1 aliphatic heterocycles. The van der Waals surface area contributed by atoms with E-state index < -0.39 is 36.5 Å². The summed E-state index contributed by atoms with van der Waals surface area (Å²) >= 11 is 0. The van der Waals surface area contributed by atoms with Gasteiger partial charge in [0.25, 0.3) is 0 Å². The van der Waals surface area contributed by atoms with E-state index in [4.69, 9.17) is 14.2 Å². The second kappa shape index (κ2) is 8.73. The van der Waals surface area contributed by atoms with Gasteiger partial charge in [-0.3, -0.25) is 0 Å². The first-order chi connectivity index (χ1) is 13.1. The Kier molecular flexibility index (Phi) is 6.61. The van der Waals surface area contributed by atoms with Crippen molar-refractivity contribution in [3.05, 3.63) is 35.4 Å². The summed E-state index contributed by atoms with van der Waals surface area (Å²) in [6, 6.07) is 7.21. The number of benzene rings is 1. The number of carbonyl (C=O) groups is 3. The van der Waals surface area contributed by atoms with Gasteiger partial charge in [0.1, 0.15) is 0 Å². The van der Waals surface area contributed by atoms with Crippen LogP contribution in [-0.2, 0) is 19.0 Å². The molecule has 2 amide bonds. The van der Waals surface area contributed by atoms with Crippen LogP contribution in [0.4, 0.5) is 9.59 Å². The van der Waals surface area contributed by atoms with Crippen molar-refractivity contribution in [2.75, 3.05) is 7.11 Å². The van der Waals surface area contributed by atoms with Crippen molar-refractivity contribution >= 4 is 24.0 Å². The zero-order valence-corrected chi connectivity index (χ0v) is 16.8. The number of hydrogen-bond acceptors (Lipinski definition) is 7. The molecule has 0 saturated carbocycles. The van der Waals surface area contributed by atoms with Crippen LogP contribution in [0.15, 0.2) is 29.3 Å². The molecule has 0 saturated heterocycles. The molecule has 1 aromatic rings. The van der Waals surface area contributed by atoms with E-state index in [0.717, 1.165) is 22.7 Å². The Hall–Kier alpha value is -3.10. The van der Waals surface area contributed by atoms with Crippen LogP contribution in [0, 0.1) is 6.92 Å². The highest BCUT2D eigenvalue weighted by Crippen LogP contribution is 2.32. The first kappa shape index (κ1) is 21.2. The monoisotopic (exact) mass is 391 g/mol. The topological polar surface area (TPSA) is 97.7 Å². The molecule has 9 nitrogen and oxygen atoms in total. The number of hydrogen-bond donors (Lipinski definition) is 0. The largest absolute Gasteiger partial charge is 0.463 e. The van der Waals surface area contributed by atoms with Crippen molar-refractivity contribution in [1.82, 2.24) is 10.0 Å². The van der Waals surface area contributed by atoms with Gasteiger partial charge >= 0.3 is 18.2 Å². The third-order valence-corrected chi connectivity index (χ3v) is 3.63. The fourth-order valence-electron chi connectivity index (χ4n) is 2.58. The Morgan fingerprint density at radius 2 is 1.64 bits per heavy atom. The molecule has 1 atom stereocenters. The lowest BCUT2D eigenvalue weighted by Crippen LogP contribution is -2.52. The fraction of sp³-hybridized carbons (Fsp3) is 0.474. The van der Waals surface area contributed by atoms with E-state index in [-0.39, 0.29) is 5.84 Å². The molecule has 0 aliphatic carbocycles. The molecular formula is C19H25N3O6. The summed E-state index contributed by atoms with van der Waals surface area (Å²) in [5, 5.41) is 1.73. The third-order valence-electron chi connectivity index (χ3n) is 3.63. The van der Waals surface area contributed by atoms with Crippen LogP contribution in [0.2, 0.25) is 0 Å². The predicted octanol–water partition coefficient (Wildman–Crippen LogP) is 3.19. The molecule has 1 unspecified atom stereocenters. The van der Waals surface area contributed by atoms with Crippen LogP contribution in [0.25, 0.3) is 0 Å². The van der Waals surface area contributed by atoms with Crippen LogP contribution >= 0.6 is 0 Å². The zero-order chi connectivity index (χ0) is 21.0. The maximum Gasteiger partial charge on any atom is 0.435 e. The van der Waals surface area contributed by atoms with Crippen molar-refractivity contribution in [1.29, 1.82) is 0 Å². The lowest BCUT2D eigenvalue weighted by molar-refractivity contribution is -0.134. The van der Waals surface area contributed by atoms with Crippen LogP contribution in [0.1, 0.15) is 45.0 Å². The van der Waals surface area contributed by atoms with Crippen LogP contribution < -0.4 is 0 Å². The fourth-order valence-corrected chi connectivity index (χ4v) is 2.58. The van der Waals surface area contributed by atoms with E-state index in [1.165, 1.54) is 0 Å². The van der Waals surface area contributed by atoms with Crippen molar-refractivity contribution in [3.63, 3.8) is 0 Å². The normalized spacial score (nSPS) is 16.3. The van der Waals surface area contributed by atoms with E-state index in [1.807, 2.05) is 13.0 Å². The number of amides is 2. The van der Waals surface area contributed by atoms with Crippen LogP contribution in [0.3, 0.4) is 0 Å². The quantitative estimate of drug-likeness (QED) is 0.577. The molecule has 9 heteroatoms. The second-order valence-corrected chi connectivity index (χ2v) is 6.75. The summed E-state index contributed by atoms with van der Waals surface area (Å²) in [5.74, 6) is -1.24. The number of amidine groups is 1. The third kappa shape index (κ3) is 4.59. The van der Waals surface area contributed by atoms with Gasteiger partial charge < -0.3 is 14.2 Å². The number of rotatable bonds is 4. The van der Waals surface area contributed by atoms with Crippen molar-refractivity contribution in [2.45, 2.75) is 53.0 Å². The summed E-state index contributed by atoms with van der Waals surface area (Å²) in [7, 11) is 1.16. The Morgan fingerprint density at radius 3 is 2.18 bits per heavy atom. The van der Waals surface area contributed by atoms with Crippen molar-refractivity contribution < 1.29 is 28.6 Å². The smallest absolute Gasteiger partial charge is 0.435 e. The Morgan fingerprint density at radius 1 is 1.04 bits per heavy atom. The number of methoxy groups -OCH3 is 1. The number of esters is 1. The molecule has 0 bridgehead atoms. The summed E-state index contributed by atoms with van der Waals surface area (Å²) < 4.78 is 15.2. The second-order valence-electron chi connectivity index (χ2n) is 6.75. The summed E-state index contributed by atoms with van der Waals surface area (Å²) in [5.41, 5.74) is 1.52. The standard InChI is InChI=1S/C19H25N3O6/c1-11(2)27-18(24)21-15(14-9-7-8-13(5)10-14)20-16(17(23)26-6)22(21)19(25)28-12(3)4/h7-12,15H,1-6H3. The minimum absolute atomic E-state index is 0.361. The van der Waals surface area contributed by atoms with Gasteiger partial charge in [-0.1, -0.05) is 29.8 Å². The molecule has 152 valence electrons. The maximum atomic E-state index is 12.8. The Bertz CT molecular complexity index is 790. The molecule has 0 N–H and O–H groups in total. The van der Waals surface area contributed by atoms with Gasteiger partial charge in [0.15, 0.2) is 6.17 Å². The summed E-state index contributed by atoms with van der Waals surface area (Å²) in [6.07, 6.45) is -3.69. The van der Waals surface area contributed by atoms with E-state index in [1.54, 1.807) is 45.9 Å². The molecule has 0 spiro atoms. The Labute approximate surface area is 163 Å². The number of aliphatic imine (C=N–C) groups is 1. The highest BCUT2D eigenvalue weighted by molar-refractivity contribution is 6.38. The summed E-state index contributed by atoms with van der Waals surface area (Å²) in [6.45, 7) is 8.53. The maximum absolute atomic E-state index is 12.8.